The summed E-state index contributed by atoms with van der Waals surface area (Å²) in [6.07, 6.45) is 0. The number of rotatable bonds is 6. The molecule has 0 bridgehead atoms. The zero-order valence-electron chi connectivity index (χ0n) is 18.2. The molecule has 0 spiro atoms. The second-order valence-electron chi connectivity index (χ2n) is 6.86. The maximum atomic E-state index is 13.0. The first-order valence-electron chi connectivity index (χ1n) is 9.91. The molecule has 3 aromatic carbocycles. The van der Waals surface area contributed by atoms with Gasteiger partial charge in [0.25, 0.3) is 0 Å². The number of hydrazine groups is 1. The fourth-order valence-electron chi connectivity index (χ4n) is 2.93. The molecule has 0 aliphatic heterocycles. The van der Waals surface area contributed by atoms with Crippen molar-refractivity contribution >= 4 is 42.1 Å². The summed E-state index contributed by atoms with van der Waals surface area (Å²) in [4.78, 5) is 0. The molecule has 6 N–H and O–H groups in total. The molecule has 10 heteroatoms. The molecule has 34 heavy (non-hydrogen) atoms. The molecule has 1 heterocycles. The number of hydrogen-bond acceptors (Lipinski definition) is 6. The highest BCUT2D eigenvalue weighted by atomic mass is 35.5. The third-order valence-electron chi connectivity index (χ3n) is 4.53. The predicted molar refractivity (Wildman–Crippen MR) is 139 cm³/mol. The van der Waals surface area contributed by atoms with E-state index in [2.05, 4.69) is 21.9 Å². The molecule has 0 atom stereocenters. The summed E-state index contributed by atoms with van der Waals surface area (Å²) in [5.74, 6) is 5.43. The zero-order valence-corrected chi connectivity index (χ0v) is 19.8. The second-order valence-corrected chi connectivity index (χ2v) is 6.86. The van der Waals surface area contributed by atoms with Crippen molar-refractivity contribution in [3.8, 4) is 6.07 Å². The number of halogens is 3. The highest BCUT2D eigenvalue weighted by Gasteiger charge is 2.15. The fourth-order valence-corrected chi connectivity index (χ4v) is 2.93. The number of aromatic nitrogens is 2. The molecule has 0 fully saturated rings. The smallest absolute Gasteiger partial charge is 0.172 e. The molecular weight excluding hydrogens is 476 g/mol. The van der Waals surface area contributed by atoms with Crippen LogP contribution in [0, 0.1) is 17.1 Å². The summed E-state index contributed by atoms with van der Waals surface area (Å²) >= 11 is 0. The predicted octanol–water partition coefficient (Wildman–Crippen LogP) is 4.76. The molecule has 0 saturated carbocycles. The Kier molecular flexibility index (Phi) is 12.1. The molecule has 7 nitrogen and oxygen atoms in total. The van der Waals surface area contributed by atoms with Crippen LogP contribution in [0.15, 0.2) is 84.9 Å². The number of nitriles is 1. The molecule has 1 aromatic heterocycles. The minimum Gasteiger partial charge on any atom is -0.383 e. The van der Waals surface area contributed by atoms with Gasteiger partial charge in [0.05, 0.1) is 6.54 Å². The standard InChI is InChI=1S/C17H14FN5.C7H10N2.2ClH/c18-13-6-8-14(9-7-13)21-17-15(10-19)16(20)23(22-17)11-12-4-2-1-3-5-12;8-9-6-7-4-2-1-3-5-7;;/h1-9H,11,20H2,(H,21,22);1-5,9H,6,8H2;2*1H. The van der Waals surface area contributed by atoms with E-state index < -0.39 is 0 Å². The van der Waals surface area contributed by atoms with Crippen molar-refractivity contribution in [2.45, 2.75) is 13.1 Å². The average molecular weight is 502 g/mol. The van der Waals surface area contributed by atoms with Crippen molar-refractivity contribution in [1.29, 1.82) is 5.26 Å². The monoisotopic (exact) mass is 501 g/mol. The Hall–Kier alpha value is -3.61. The Morgan fingerprint density at radius 2 is 1.44 bits per heavy atom. The van der Waals surface area contributed by atoms with Crippen molar-refractivity contribution < 1.29 is 4.39 Å². The van der Waals surface area contributed by atoms with E-state index in [-0.39, 0.29) is 36.2 Å². The van der Waals surface area contributed by atoms with Gasteiger partial charge < -0.3 is 11.1 Å². The quantitative estimate of drug-likeness (QED) is 0.223. The Morgan fingerprint density at radius 1 is 0.882 bits per heavy atom. The highest BCUT2D eigenvalue weighted by molar-refractivity contribution is 5.85. The van der Waals surface area contributed by atoms with Crippen LogP contribution in [0.1, 0.15) is 16.7 Å². The lowest BCUT2D eigenvalue weighted by Crippen LogP contribution is -2.20. The van der Waals surface area contributed by atoms with Gasteiger partial charge in [0.15, 0.2) is 5.82 Å². The lowest BCUT2D eigenvalue weighted by Gasteiger charge is -2.04. The highest BCUT2D eigenvalue weighted by Crippen LogP contribution is 2.25. The first-order chi connectivity index (χ1) is 15.6. The molecule has 0 radical (unpaired) electrons. The van der Waals surface area contributed by atoms with Gasteiger partial charge in [0, 0.05) is 12.2 Å². The lowest BCUT2D eigenvalue weighted by atomic mass is 10.2. The minimum absolute atomic E-state index is 0. The third kappa shape index (κ3) is 8.06. The van der Waals surface area contributed by atoms with Crippen molar-refractivity contribution in [2.75, 3.05) is 11.1 Å². The Balaban J connectivity index is 0.000000448. The SMILES string of the molecule is Cl.Cl.N#Cc1c(Nc2ccc(F)cc2)nn(Cc2ccccc2)c1N.NNCc1ccccc1. The van der Waals surface area contributed by atoms with Gasteiger partial charge in [0.2, 0.25) is 0 Å². The number of nitrogens with zero attached hydrogens (tertiary/aromatic N) is 3. The van der Waals surface area contributed by atoms with E-state index in [1.54, 1.807) is 16.8 Å². The molecule has 178 valence electrons. The number of benzene rings is 3. The van der Waals surface area contributed by atoms with E-state index in [9.17, 15) is 9.65 Å². The van der Waals surface area contributed by atoms with E-state index in [1.165, 1.54) is 17.7 Å². The van der Waals surface area contributed by atoms with Gasteiger partial charge >= 0.3 is 0 Å². The molecule has 0 saturated heterocycles. The van der Waals surface area contributed by atoms with E-state index in [0.717, 1.165) is 12.1 Å². The lowest BCUT2D eigenvalue weighted by molar-refractivity contribution is 0.628. The maximum absolute atomic E-state index is 13.0. The van der Waals surface area contributed by atoms with Crippen LogP contribution in [0.4, 0.5) is 21.7 Å². The van der Waals surface area contributed by atoms with Crippen molar-refractivity contribution in [3.05, 3.63) is 107 Å². The normalized spacial score (nSPS) is 9.44. The van der Waals surface area contributed by atoms with E-state index in [1.807, 2.05) is 60.7 Å². The average Bonchev–Trinajstić information content (AvgIpc) is 3.11. The van der Waals surface area contributed by atoms with Crippen LogP contribution >= 0.6 is 24.8 Å². The maximum Gasteiger partial charge on any atom is 0.172 e. The van der Waals surface area contributed by atoms with Crippen LogP contribution in [-0.2, 0) is 13.1 Å². The summed E-state index contributed by atoms with van der Waals surface area (Å²) in [5, 5.41) is 16.7. The van der Waals surface area contributed by atoms with Crippen LogP contribution < -0.4 is 22.3 Å². The van der Waals surface area contributed by atoms with Gasteiger partial charge in [-0.2, -0.15) is 10.4 Å². The Labute approximate surface area is 210 Å². The van der Waals surface area contributed by atoms with Gasteiger partial charge in [-0.1, -0.05) is 60.7 Å². The first kappa shape index (κ1) is 28.4. The molecule has 0 unspecified atom stereocenters. The largest absolute Gasteiger partial charge is 0.383 e. The first-order valence-corrected chi connectivity index (χ1v) is 9.91. The molecule has 0 amide bonds. The minimum atomic E-state index is -0.329. The third-order valence-corrected chi connectivity index (χ3v) is 4.53. The van der Waals surface area contributed by atoms with Crippen LogP contribution in [0.25, 0.3) is 0 Å². The van der Waals surface area contributed by atoms with E-state index >= 15 is 0 Å². The Bertz CT molecular complexity index is 1160. The van der Waals surface area contributed by atoms with Gasteiger partial charge in [-0.3, -0.25) is 11.3 Å². The molecular formula is C24H26Cl2FN7. The van der Waals surface area contributed by atoms with Crippen LogP contribution in [0.2, 0.25) is 0 Å². The fraction of sp³-hybridized carbons (Fsp3) is 0.0833. The Morgan fingerprint density at radius 3 is 1.97 bits per heavy atom. The number of anilines is 3. The summed E-state index contributed by atoms with van der Waals surface area (Å²) in [5.41, 5.74) is 11.7. The summed E-state index contributed by atoms with van der Waals surface area (Å²) in [6.45, 7) is 1.20. The molecule has 0 aliphatic rings. The topological polar surface area (TPSA) is 118 Å². The second kappa shape index (κ2) is 14.5. The zero-order chi connectivity index (χ0) is 22.8. The molecule has 0 aliphatic carbocycles. The van der Waals surface area contributed by atoms with Crippen molar-refractivity contribution in [2.24, 2.45) is 5.84 Å². The molecule has 4 rings (SSSR count). The van der Waals surface area contributed by atoms with Gasteiger partial charge in [0.1, 0.15) is 23.3 Å². The van der Waals surface area contributed by atoms with Gasteiger partial charge in [-0.25, -0.2) is 9.07 Å². The number of nitrogens with two attached hydrogens (primary N) is 2. The number of nitrogen functional groups attached to an aromatic ring is 1. The van der Waals surface area contributed by atoms with Gasteiger partial charge in [-0.15, -0.1) is 24.8 Å². The van der Waals surface area contributed by atoms with Crippen molar-refractivity contribution in [1.82, 2.24) is 15.2 Å². The van der Waals surface area contributed by atoms with Crippen LogP contribution in [-0.4, -0.2) is 9.78 Å². The van der Waals surface area contributed by atoms with Crippen molar-refractivity contribution in [3.63, 3.8) is 0 Å². The van der Waals surface area contributed by atoms with E-state index in [4.69, 9.17) is 11.6 Å². The van der Waals surface area contributed by atoms with Gasteiger partial charge in [-0.05, 0) is 35.4 Å². The number of nitrogens with one attached hydrogen (secondary N) is 2. The van der Waals surface area contributed by atoms with Crippen LogP contribution in [0.5, 0.6) is 0 Å². The number of hydrogen-bond donors (Lipinski definition) is 4. The van der Waals surface area contributed by atoms with Crippen LogP contribution in [0.3, 0.4) is 0 Å². The summed E-state index contributed by atoms with van der Waals surface area (Å²) in [7, 11) is 0. The summed E-state index contributed by atoms with van der Waals surface area (Å²) in [6, 6.07) is 27.6. The molecule has 4 aromatic rings. The van der Waals surface area contributed by atoms with E-state index in [0.29, 0.717) is 23.9 Å². The summed E-state index contributed by atoms with van der Waals surface area (Å²) < 4.78 is 14.5.